The van der Waals surface area contributed by atoms with Crippen LogP contribution in [0.4, 0.5) is 0 Å². The van der Waals surface area contributed by atoms with Gasteiger partial charge in [-0.15, -0.1) is 0 Å². The number of allylic oxidation sites excluding steroid dienone is 1. The number of rotatable bonds is 11. The van der Waals surface area contributed by atoms with Crippen molar-refractivity contribution < 1.29 is 31.3 Å². The number of hydrogen-bond donors (Lipinski definition) is 0. The monoisotopic (exact) mass is 356 g/mol. The minimum absolute atomic E-state index is 0.736. The van der Waals surface area contributed by atoms with E-state index in [1.807, 2.05) is 13.0 Å². The Labute approximate surface area is 137 Å². The Morgan fingerprint density at radius 2 is 1.23 bits per heavy atom. The van der Waals surface area contributed by atoms with Gasteiger partial charge in [0.15, 0.2) is 0 Å². The summed E-state index contributed by atoms with van der Waals surface area (Å²) in [5.41, 5.74) is 0. The SMILES string of the molecule is CC=COCCC[Si](C)(OC)OC.CO[Si](OC)(OC)OC. The number of ether oxygens (including phenoxy) is 1. The Morgan fingerprint density at radius 1 is 0.773 bits per heavy atom. The first-order chi connectivity index (χ1) is 10.4. The quantitative estimate of drug-likeness (QED) is 0.320. The lowest BCUT2D eigenvalue weighted by Gasteiger charge is -2.22. The molecule has 22 heavy (non-hydrogen) atoms. The van der Waals surface area contributed by atoms with Crippen molar-refractivity contribution in [2.45, 2.75) is 25.9 Å². The summed E-state index contributed by atoms with van der Waals surface area (Å²) in [5, 5.41) is 0. The predicted molar refractivity (Wildman–Crippen MR) is 89.6 cm³/mol. The molecule has 0 unspecified atom stereocenters. The van der Waals surface area contributed by atoms with Crippen LogP contribution in [0.25, 0.3) is 0 Å². The molecule has 0 aliphatic carbocycles. The molecule has 0 aromatic heterocycles. The third kappa shape index (κ3) is 10.5. The second kappa shape index (κ2) is 14.3. The summed E-state index contributed by atoms with van der Waals surface area (Å²) in [7, 11) is 4.82. The van der Waals surface area contributed by atoms with Gasteiger partial charge in [0, 0.05) is 42.7 Å². The van der Waals surface area contributed by atoms with Crippen molar-refractivity contribution in [2.24, 2.45) is 0 Å². The van der Waals surface area contributed by atoms with E-state index in [4.69, 9.17) is 31.3 Å². The Balaban J connectivity index is 0. The molecule has 0 aliphatic rings. The van der Waals surface area contributed by atoms with Crippen LogP contribution in [0, 0.1) is 0 Å². The van der Waals surface area contributed by atoms with Crippen LogP contribution >= 0.6 is 0 Å². The first-order valence-electron chi connectivity index (χ1n) is 6.96. The van der Waals surface area contributed by atoms with Crippen LogP contribution < -0.4 is 0 Å². The molecule has 0 amide bonds. The second-order valence-electron chi connectivity index (χ2n) is 4.30. The minimum Gasteiger partial charge on any atom is -0.502 e. The molecular formula is C13H32O7Si2. The summed E-state index contributed by atoms with van der Waals surface area (Å²) >= 11 is 0. The van der Waals surface area contributed by atoms with Gasteiger partial charge >= 0.3 is 17.6 Å². The van der Waals surface area contributed by atoms with Gasteiger partial charge in [0.1, 0.15) is 0 Å². The topological polar surface area (TPSA) is 64.6 Å². The summed E-state index contributed by atoms with van der Waals surface area (Å²) in [6.45, 7) is 4.73. The lowest BCUT2D eigenvalue weighted by Crippen LogP contribution is -2.45. The molecule has 0 bridgehead atoms. The average molecular weight is 357 g/mol. The second-order valence-corrected chi connectivity index (χ2v) is 10.5. The summed E-state index contributed by atoms with van der Waals surface area (Å²) in [5.74, 6) is 0. The Morgan fingerprint density at radius 3 is 1.50 bits per heavy atom. The van der Waals surface area contributed by atoms with E-state index >= 15 is 0 Å². The highest BCUT2D eigenvalue weighted by Crippen LogP contribution is 2.13. The molecule has 134 valence electrons. The predicted octanol–water partition coefficient (Wildman–Crippen LogP) is 2.30. The minimum atomic E-state index is -2.69. The smallest absolute Gasteiger partial charge is 0.502 e. The molecule has 0 heterocycles. The van der Waals surface area contributed by atoms with Gasteiger partial charge in [0.25, 0.3) is 0 Å². The molecule has 0 atom stereocenters. The number of hydrogen-bond acceptors (Lipinski definition) is 7. The van der Waals surface area contributed by atoms with Crippen LogP contribution in [0.2, 0.25) is 12.6 Å². The van der Waals surface area contributed by atoms with E-state index in [0.29, 0.717) is 0 Å². The molecule has 0 fully saturated rings. The van der Waals surface area contributed by atoms with Gasteiger partial charge in [-0.05, 0) is 25.9 Å². The maximum Gasteiger partial charge on any atom is 0.678 e. The van der Waals surface area contributed by atoms with Crippen LogP contribution in [-0.4, -0.2) is 66.9 Å². The lowest BCUT2D eigenvalue weighted by molar-refractivity contribution is 0.0226. The van der Waals surface area contributed by atoms with Crippen LogP contribution in [0.3, 0.4) is 0 Å². The van der Waals surface area contributed by atoms with E-state index < -0.39 is 17.6 Å². The molecular weight excluding hydrogens is 324 g/mol. The molecule has 0 spiro atoms. The van der Waals surface area contributed by atoms with Crippen molar-refractivity contribution in [3.8, 4) is 0 Å². The molecule has 0 radical (unpaired) electrons. The zero-order valence-electron chi connectivity index (χ0n) is 15.1. The zero-order chi connectivity index (χ0) is 17.5. The van der Waals surface area contributed by atoms with Crippen LogP contribution in [0.5, 0.6) is 0 Å². The molecule has 0 aliphatic heterocycles. The van der Waals surface area contributed by atoms with Gasteiger partial charge in [-0.1, -0.05) is 6.08 Å². The maximum absolute atomic E-state index is 5.34. The zero-order valence-corrected chi connectivity index (χ0v) is 17.1. The fourth-order valence-corrected chi connectivity index (χ4v) is 3.79. The van der Waals surface area contributed by atoms with Crippen molar-refractivity contribution in [3.63, 3.8) is 0 Å². The van der Waals surface area contributed by atoms with E-state index in [-0.39, 0.29) is 0 Å². The Bertz CT molecular complexity index is 252. The van der Waals surface area contributed by atoms with Crippen molar-refractivity contribution >= 4 is 17.6 Å². The van der Waals surface area contributed by atoms with Gasteiger partial charge in [0.2, 0.25) is 0 Å². The van der Waals surface area contributed by atoms with E-state index in [1.165, 1.54) is 28.4 Å². The standard InChI is InChI=1S/C9H20O3Si.C4H12O4Si/c1-5-7-12-8-6-9-13(4,10-2)11-3;1-5-9(6-2,7-3)8-4/h5,7H,6,8-9H2,1-4H3;1-4H3. The van der Waals surface area contributed by atoms with Crippen LogP contribution in [-0.2, 0) is 31.3 Å². The highest BCUT2D eigenvalue weighted by Gasteiger charge is 2.40. The fourth-order valence-electron chi connectivity index (χ4n) is 1.43. The van der Waals surface area contributed by atoms with Gasteiger partial charge in [0.05, 0.1) is 12.9 Å². The van der Waals surface area contributed by atoms with E-state index in [2.05, 4.69) is 6.55 Å². The van der Waals surface area contributed by atoms with Crippen molar-refractivity contribution in [2.75, 3.05) is 49.3 Å². The molecule has 0 aromatic carbocycles. The fraction of sp³-hybridized carbons (Fsp3) is 0.846. The molecule has 0 saturated carbocycles. The summed E-state index contributed by atoms with van der Waals surface area (Å²) in [6, 6.07) is 0.970. The van der Waals surface area contributed by atoms with Crippen molar-refractivity contribution in [1.29, 1.82) is 0 Å². The normalized spacial score (nSPS) is 12.2. The lowest BCUT2D eigenvalue weighted by atomic mass is 10.5. The van der Waals surface area contributed by atoms with Gasteiger partial charge in [-0.25, -0.2) is 0 Å². The molecule has 0 N–H and O–H groups in total. The molecule has 9 heteroatoms. The van der Waals surface area contributed by atoms with Gasteiger partial charge in [-0.3, -0.25) is 0 Å². The van der Waals surface area contributed by atoms with E-state index in [0.717, 1.165) is 19.1 Å². The largest absolute Gasteiger partial charge is 0.678 e. The van der Waals surface area contributed by atoms with Crippen molar-refractivity contribution in [1.82, 2.24) is 0 Å². The Hall–Kier alpha value is -0.266. The van der Waals surface area contributed by atoms with Gasteiger partial charge in [-0.2, -0.15) is 0 Å². The first-order valence-corrected chi connectivity index (χ1v) is 11.1. The molecule has 0 aromatic rings. The molecule has 0 saturated heterocycles. The summed E-state index contributed by atoms with van der Waals surface area (Å²) in [6.07, 6.45) is 4.57. The summed E-state index contributed by atoms with van der Waals surface area (Å²) in [4.78, 5) is 0. The highest BCUT2D eigenvalue weighted by molar-refractivity contribution is 6.65. The van der Waals surface area contributed by atoms with Crippen molar-refractivity contribution in [3.05, 3.63) is 12.3 Å². The molecule has 0 rings (SSSR count). The van der Waals surface area contributed by atoms with Crippen LogP contribution in [0.1, 0.15) is 13.3 Å². The first kappa shape index (κ1) is 24.0. The maximum atomic E-state index is 5.34. The summed E-state index contributed by atoms with van der Waals surface area (Å²) < 4.78 is 35.3. The third-order valence-electron chi connectivity index (χ3n) is 2.99. The molecule has 7 nitrogen and oxygen atoms in total. The van der Waals surface area contributed by atoms with E-state index in [9.17, 15) is 0 Å². The van der Waals surface area contributed by atoms with Gasteiger partial charge < -0.3 is 31.3 Å². The highest BCUT2D eigenvalue weighted by atomic mass is 28.4. The third-order valence-corrected chi connectivity index (χ3v) is 7.98. The van der Waals surface area contributed by atoms with E-state index in [1.54, 1.807) is 20.5 Å². The average Bonchev–Trinajstić information content (AvgIpc) is 2.57. The van der Waals surface area contributed by atoms with Crippen LogP contribution in [0.15, 0.2) is 12.3 Å². The Kier molecular flexibility index (Phi) is 15.6.